The van der Waals surface area contributed by atoms with E-state index in [0.717, 1.165) is 16.7 Å². The van der Waals surface area contributed by atoms with Gasteiger partial charge in [-0.2, -0.15) is 5.26 Å². The van der Waals surface area contributed by atoms with E-state index in [4.69, 9.17) is 28.5 Å². The van der Waals surface area contributed by atoms with Crippen molar-refractivity contribution in [2.24, 2.45) is 4.99 Å². The van der Waals surface area contributed by atoms with Crippen LogP contribution in [-0.4, -0.2) is 22.2 Å². The molecule has 0 aromatic heterocycles. The molecular weight excluding hydrogens is 407 g/mol. The van der Waals surface area contributed by atoms with Crippen LogP contribution >= 0.6 is 35.0 Å². The molecule has 6 nitrogen and oxygen atoms in total. The first-order valence-corrected chi connectivity index (χ1v) is 9.40. The molecule has 1 saturated heterocycles. The molecule has 0 saturated carbocycles. The van der Waals surface area contributed by atoms with Gasteiger partial charge in [-0.1, -0.05) is 53.2 Å². The lowest BCUT2D eigenvalue weighted by molar-refractivity contribution is -0.121. The maximum Gasteiger partial charge on any atom is 0.247 e. The summed E-state index contributed by atoms with van der Waals surface area (Å²) in [5.74, 6) is -0.729. The summed E-state index contributed by atoms with van der Waals surface area (Å²) in [6.07, 6.45) is 1.78. The smallest absolute Gasteiger partial charge is 0.247 e. The van der Waals surface area contributed by atoms with E-state index in [-0.39, 0.29) is 23.4 Å². The molecule has 9 heteroatoms. The van der Waals surface area contributed by atoms with Crippen molar-refractivity contribution in [1.29, 1.82) is 5.26 Å². The lowest BCUT2D eigenvalue weighted by Gasteiger charge is -2.15. The highest BCUT2D eigenvalue weighted by atomic mass is 35.5. The van der Waals surface area contributed by atoms with Crippen LogP contribution in [-0.2, 0) is 9.59 Å². The number of anilines is 1. The molecule has 3 rings (SSSR count). The number of para-hydroxylation sites is 1. The van der Waals surface area contributed by atoms with Crippen LogP contribution in [0, 0.1) is 11.5 Å². The number of thioether (sulfide) groups is 1. The monoisotopic (exact) mass is 418 g/mol. The molecule has 1 fully saturated rings. The Balaban J connectivity index is 1.84. The minimum Gasteiger partial charge on any atom is -0.274 e. The summed E-state index contributed by atoms with van der Waals surface area (Å²) in [6.45, 7) is 0. The number of nitrogens with zero attached hydrogens (tertiary/aromatic N) is 3. The van der Waals surface area contributed by atoms with Crippen LogP contribution in [0.25, 0.3) is 0 Å². The lowest BCUT2D eigenvalue weighted by atomic mass is 10.3. The SMILES string of the molecule is N#CNC(=Nc1ccccc1Cl)S[C@H]1CC(=O)N(c2cccc(Cl)c2)C1=O. The third-order valence-electron chi connectivity index (χ3n) is 3.66. The predicted octanol–water partition coefficient (Wildman–Crippen LogP) is 4.12. The third-order valence-corrected chi connectivity index (χ3v) is 5.29. The van der Waals surface area contributed by atoms with Gasteiger partial charge in [0.2, 0.25) is 11.8 Å². The minimum absolute atomic E-state index is 0.00926. The van der Waals surface area contributed by atoms with E-state index in [9.17, 15) is 9.59 Å². The Morgan fingerprint density at radius 2 is 2.00 bits per heavy atom. The van der Waals surface area contributed by atoms with E-state index in [2.05, 4.69) is 10.3 Å². The number of benzene rings is 2. The second kappa shape index (κ2) is 8.44. The van der Waals surface area contributed by atoms with E-state index in [1.165, 1.54) is 0 Å². The van der Waals surface area contributed by atoms with E-state index < -0.39 is 5.25 Å². The number of nitriles is 1. The van der Waals surface area contributed by atoms with Crippen molar-refractivity contribution < 1.29 is 9.59 Å². The van der Waals surface area contributed by atoms with Gasteiger partial charge in [0.05, 0.1) is 16.4 Å². The summed E-state index contributed by atoms with van der Waals surface area (Å²) in [5.41, 5.74) is 0.867. The van der Waals surface area contributed by atoms with Crippen LogP contribution in [0.3, 0.4) is 0 Å². The van der Waals surface area contributed by atoms with Crippen molar-refractivity contribution in [1.82, 2.24) is 5.32 Å². The average Bonchev–Trinajstić information content (AvgIpc) is 2.90. The van der Waals surface area contributed by atoms with Crippen LogP contribution in [0.5, 0.6) is 0 Å². The Morgan fingerprint density at radius 1 is 1.22 bits per heavy atom. The standard InChI is InChI=1S/C18H12Cl2N4O2S/c19-11-4-3-5-12(8-11)24-16(25)9-15(17(24)26)27-18(22-10-21)23-14-7-2-1-6-13(14)20/h1-8,15H,9H2,(H,22,23)/t15-/m0/s1. The molecule has 0 aliphatic carbocycles. The van der Waals surface area contributed by atoms with Crippen molar-refractivity contribution in [2.45, 2.75) is 11.7 Å². The molecule has 0 spiro atoms. The summed E-state index contributed by atoms with van der Waals surface area (Å²) in [6, 6.07) is 13.4. The van der Waals surface area contributed by atoms with Crippen LogP contribution < -0.4 is 10.2 Å². The van der Waals surface area contributed by atoms with Gasteiger partial charge < -0.3 is 0 Å². The number of nitrogens with one attached hydrogen (secondary N) is 1. The number of imide groups is 1. The molecule has 1 heterocycles. The van der Waals surface area contributed by atoms with E-state index in [1.807, 2.05) is 0 Å². The summed E-state index contributed by atoms with van der Waals surface area (Å²) < 4.78 is 0. The van der Waals surface area contributed by atoms with E-state index >= 15 is 0 Å². The van der Waals surface area contributed by atoms with Gasteiger partial charge in [0.25, 0.3) is 0 Å². The fourth-order valence-electron chi connectivity index (χ4n) is 2.50. The van der Waals surface area contributed by atoms with E-state index in [1.54, 1.807) is 54.7 Å². The molecular formula is C18H12Cl2N4O2S. The van der Waals surface area contributed by atoms with Gasteiger partial charge in [0.1, 0.15) is 5.25 Å². The zero-order chi connectivity index (χ0) is 19.4. The van der Waals surface area contributed by atoms with Gasteiger partial charge in [-0.05, 0) is 30.3 Å². The van der Waals surface area contributed by atoms with Crippen molar-refractivity contribution >= 4 is 63.3 Å². The van der Waals surface area contributed by atoms with Crippen LogP contribution in [0.1, 0.15) is 6.42 Å². The lowest BCUT2D eigenvalue weighted by Crippen LogP contribution is -2.32. The molecule has 136 valence electrons. The molecule has 1 aliphatic rings. The predicted molar refractivity (Wildman–Crippen MR) is 107 cm³/mol. The Labute approximate surface area is 169 Å². The topological polar surface area (TPSA) is 85.6 Å². The van der Waals surface area contributed by atoms with Crippen LogP contribution in [0.15, 0.2) is 53.5 Å². The van der Waals surface area contributed by atoms with Crippen LogP contribution in [0.4, 0.5) is 11.4 Å². The number of amides is 2. The Hall–Kier alpha value is -2.53. The molecule has 2 amide bonds. The highest BCUT2D eigenvalue weighted by molar-refractivity contribution is 8.15. The number of carbonyl (C=O) groups excluding carboxylic acids is 2. The molecule has 0 unspecified atom stereocenters. The zero-order valence-corrected chi connectivity index (χ0v) is 16.1. The van der Waals surface area contributed by atoms with Gasteiger partial charge in [0.15, 0.2) is 11.4 Å². The van der Waals surface area contributed by atoms with Gasteiger partial charge in [-0.25, -0.2) is 9.89 Å². The molecule has 1 aliphatic heterocycles. The van der Waals surface area contributed by atoms with Gasteiger partial charge >= 0.3 is 0 Å². The maximum atomic E-state index is 12.7. The second-order valence-electron chi connectivity index (χ2n) is 5.46. The Bertz CT molecular complexity index is 974. The Morgan fingerprint density at radius 3 is 2.70 bits per heavy atom. The first-order valence-electron chi connectivity index (χ1n) is 7.77. The average molecular weight is 419 g/mol. The summed E-state index contributed by atoms with van der Waals surface area (Å²) >= 11 is 13.0. The van der Waals surface area contributed by atoms with Crippen molar-refractivity contribution in [2.75, 3.05) is 4.90 Å². The normalized spacial score (nSPS) is 17.1. The first kappa shape index (κ1) is 19.2. The maximum absolute atomic E-state index is 12.7. The fourth-order valence-corrected chi connectivity index (χ4v) is 3.82. The highest BCUT2D eigenvalue weighted by Crippen LogP contribution is 2.32. The number of amidine groups is 1. The Kier molecular flexibility index (Phi) is 6.01. The summed E-state index contributed by atoms with van der Waals surface area (Å²) in [4.78, 5) is 30.5. The zero-order valence-electron chi connectivity index (χ0n) is 13.7. The largest absolute Gasteiger partial charge is 0.274 e. The number of rotatable bonds is 3. The summed E-state index contributed by atoms with van der Waals surface area (Å²) in [5, 5.41) is 11.7. The van der Waals surface area contributed by atoms with Crippen molar-refractivity contribution in [3.63, 3.8) is 0 Å². The molecule has 1 N–H and O–H groups in total. The molecule has 2 aromatic carbocycles. The van der Waals surface area contributed by atoms with Crippen LogP contribution in [0.2, 0.25) is 10.0 Å². The van der Waals surface area contributed by atoms with Crippen molar-refractivity contribution in [3.8, 4) is 6.19 Å². The number of carbonyl (C=O) groups is 2. The number of halogens is 2. The highest BCUT2D eigenvalue weighted by Gasteiger charge is 2.40. The number of hydrogen-bond donors (Lipinski definition) is 1. The fraction of sp³-hybridized carbons (Fsp3) is 0.111. The van der Waals surface area contributed by atoms with Crippen molar-refractivity contribution in [3.05, 3.63) is 58.6 Å². The number of aliphatic imine (C=N–C) groups is 1. The molecule has 27 heavy (non-hydrogen) atoms. The third kappa shape index (κ3) is 4.42. The second-order valence-corrected chi connectivity index (χ2v) is 7.50. The number of hydrogen-bond acceptors (Lipinski definition) is 5. The van der Waals surface area contributed by atoms with E-state index in [0.29, 0.717) is 21.4 Å². The van der Waals surface area contributed by atoms with Gasteiger partial charge in [-0.15, -0.1) is 0 Å². The molecule has 0 radical (unpaired) electrons. The molecule has 0 bridgehead atoms. The van der Waals surface area contributed by atoms with Gasteiger partial charge in [-0.3, -0.25) is 14.9 Å². The first-order chi connectivity index (χ1) is 13.0. The molecule has 1 atom stereocenters. The summed E-state index contributed by atoms with van der Waals surface area (Å²) in [7, 11) is 0. The molecule has 2 aromatic rings. The minimum atomic E-state index is -0.710. The quantitative estimate of drug-likeness (QED) is 0.266. The van der Waals surface area contributed by atoms with Gasteiger partial charge in [0, 0.05) is 11.4 Å².